The van der Waals surface area contributed by atoms with Gasteiger partial charge in [0.05, 0.1) is 17.4 Å². The van der Waals surface area contributed by atoms with Crippen molar-refractivity contribution in [2.45, 2.75) is 38.1 Å². The average Bonchev–Trinajstić information content (AvgIpc) is 3.36. The van der Waals surface area contributed by atoms with Crippen LogP contribution in [0.15, 0.2) is 90.3 Å². The van der Waals surface area contributed by atoms with Gasteiger partial charge in [-0.3, -0.25) is 9.27 Å². The summed E-state index contributed by atoms with van der Waals surface area (Å²) in [6.07, 6.45) is 2.52. The third-order valence-electron chi connectivity index (χ3n) is 6.08. The van der Waals surface area contributed by atoms with Crippen molar-refractivity contribution in [3.8, 4) is 0 Å². The molecule has 8 heteroatoms. The van der Waals surface area contributed by atoms with E-state index in [-0.39, 0.29) is 6.04 Å². The van der Waals surface area contributed by atoms with E-state index in [1.54, 1.807) is 23.5 Å². The number of aryl methyl sites for hydroxylation is 1. The van der Waals surface area contributed by atoms with Crippen LogP contribution >= 0.6 is 11.3 Å². The number of benzene rings is 3. The molecule has 4 rings (SSSR count). The Bertz CT molecular complexity index is 1330. The molecule has 0 bridgehead atoms. The van der Waals surface area contributed by atoms with Crippen molar-refractivity contribution in [2.75, 3.05) is 11.3 Å². The van der Waals surface area contributed by atoms with Gasteiger partial charge in [0, 0.05) is 17.8 Å². The van der Waals surface area contributed by atoms with E-state index in [4.69, 9.17) is 9.54 Å². The quantitative estimate of drug-likeness (QED) is 0.204. The Labute approximate surface area is 217 Å². The number of rotatable bonds is 12. The first-order chi connectivity index (χ1) is 17.4. The van der Waals surface area contributed by atoms with E-state index in [2.05, 4.69) is 70.9 Å². The third kappa shape index (κ3) is 7.73. The lowest BCUT2D eigenvalue weighted by Crippen LogP contribution is -2.29. The van der Waals surface area contributed by atoms with Crippen LogP contribution in [0.2, 0.25) is 0 Å². The number of hydrogen-bond donors (Lipinski definition) is 3. The van der Waals surface area contributed by atoms with Gasteiger partial charge in [-0.2, -0.15) is 8.42 Å². The zero-order valence-electron chi connectivity index (χ0n) is 20.2. The van der Waals surface area contributed by atoms with Gasteiger partial charge in [-0.1, -0.05) is 79.7 Å². The number of hydrogen-bond acceptors (Lipinski definition) is 5. The second-order valence-electron chi connectivity index (χ2n) is 8.77. The molecule has 0 aliphatic heterocycles. The molecule has 3 N–H and O–H groups in total. The van der Waals surface area contributed by atoms with Crippen LogP contribution in [0.4, 0.5) is 5.69 Å². The summed E-state index contributed by atoms with van der Waals surface area (Å²) in [5, 5.41) is 6.94. The van der Waals surface area contributed by atoms with Crippen molar-refractivity contribution in [2.24, 2.45) is 0 Å². The summed E-state index contributed by atoms with van der Waals surface area (Å²) in [5.74, 6) is 0.294. The standard InChI is InChI=1S/C28H31N3O3S2/c1-2-25-20-35-28(30-25)27(18-22-13-15-26(16-14-22)31-36(32,33)34)29-19-24(23-11-7-4-8-12-23)17-21-9-5-3-6-10-21/h3-16,20,24,27,29,31H,2,17-19H2,1H3,(H,32,33,34). The van der Waals surface area contributed by atoms with Crippen LogP contribution in [-0.2, 0) is 29.6 Å². The molecule has 0 saturated heterocycles. The summed E-state index contributed by atoms with van der Waals surface area (Å²) >= 11 is 1.67. The average molecular weight is 522 g/mol. The van der Waals surface area contributed by atoms with Gasteiger partial charge in [-0.05, 0) is 48.1 Å². The highest BCUT2D eigenvalue weighted by Gasteiger charge is 2.20. The second kappa shape index (κ2) is 12.3. The van der Waals surface area contributed by atoms with E-state index in [1.165, 1.54) is 11.1 Å². The molecule has 2 atom stereocenters. The molecule has 0 aliphatic rings. The predicted octanol–water partition coefficient (Wildman–Crippen LogP) is 5.82. The van der Waals surface area contributed by atoms with Gasteiger partial charge in [0.25, 0.3) is 0 Å². The van der Waals surface area contributed by atoms with Crippen molar-refractivity contribution in [1.82, 2.24) is 10.3 Å². The minimum absolute atomic E-state index is 0.0117. The zero-order chi connectivity index (χ0) is 25.4. The molecule has 0 saturated carbocycles. The van der Waals surface area contributed by atoms with E-state index >= 15 is 0 Å². The Kier molecular flexibility index (Phi) is 8.88. The Morgan fingerprint density at radius 3 is 2.14 bits per heavy atom. The largest absolute Gasteiger partial charge is 0.357 e. The molecule has 0 amide bonds. The van der Waals surface area contributed by atoms with Gasteiger partial charge in [-0.25, -0.2) is 4.98 Å². The lowest BCUT2D eigenvalue weighted by Gasteiger charge is -2.23. The molecule has 1 aromatic heterocycles. The van der Waals surface area contributed by atoms with E-state index in [1.807, 2.05) is 24.3 Å². The highest BCUT2D eigenvalue weighted by molar-refractivity contribution is 7.87. The summed E-state index contributed by atoms with van der Waals surface area (Å²) in [5.41, 5.74) is 5.04. The van der Waals surface area contributed by atoms with Crippen LogP contribution in [-0.4, -0.2) is 24.5 Å². The molecule has 0 radical (unpaired) electrons. The molecule has 188 valence electrons. The number of thiazole rings is 1. The lowest BCUT2D eigenvalue weighted by atomic mass is 9.91. The number of aromatic nitrogens is 1. The van der Waals surface area contributed by atoms with Crippen molar-refractivity contribution in [1.29, 1.82) is 0 Å². The van der Waals surface area contributed by atoms with Crippen molar-refractivity contribution < 1.29 is 13.0 Å². The topological polar surface area (TPSA) is 91.3 Å². The van der Waals surface area contributed by atoms with E-state index < -0.39 is 10.3 Å². The first kappa shape index (κ1) is 26.0. The summed E-state index contributed by atoms with van der Waals surface area (Å²) in [6, 6.07) is 28.2. The minimum Gasteiger partial charge on any atom is -0.307 e. The number of nitrogens with one attached hydrogen (secondary N) is 2. The van der Waals surface area contributed by atoms with Gasteiger partial charge >= 0.3 is 10.3 Å². The molecule has 6 nitrogen and oxygen atoms in total. The minimum atomic E-state index is -4.30. The maximum atomic E-state index is 11.1. The van der Waals surface area contributed by atoms with Gasteiger partial charge in [0.1, 0.15) is 5.01 Å². The fourth-order valence-corrected chi connectivity index (χ4v) is 5.61. The van der Waals surface area contributed by atoms with Crippen molar-refractivity contribution >= 4 is 27.3 Å². The smallest absolute Gasteiger partial charge is 0.307 e. The molecule has 4 aromatic rings. The van der Waals surface area contributed by atoms with Gasteiger partial charge in [0.2, 0.25) is 0 Å². The van der Waals surface area contributed by atoms with Gasteiger partial charge < -0.3 is 5.32 Å². The van der Waals surface area contributed by atoms with Crippen LogP contribution in [0.5, 0.6) is 0 Å². The van der Waals surface area contributed by atoms with Gasteiger partial charge in [0.15, 0.2) is 0 Å². The Hall–Kier alpha value is -3.04. The highest BCUT2D eigenvalue weighted by Crippen LogP contribution is 2.26. The van der Waals surface area contributed by atoms with Crippen LogP contribution in [0.1, 0.15) is 46.3 Å². The van der Waals surface area contributed by atoms with E-state index in [9.17, 15) is 8.42 Å². The van der Waals surface area contributed by atoms with Gasteiger partial charge in [-0.15, -0.1) is 11.3 Å². The zero-order valence-corrected chi connectivity index (χ0v) is 21.8. The number of nitrogens with zero attached hydrogens (tertiary/aromatic N) is 1. The molecule has 2 unspecified atom stereocenters. The summed E-state index contributed by atoms with van der Waals surface area (Å²) < 4.78 is 33.3. The monoisotopic (exact) mass is 521 g/mol. The lowest BCUT2D eigenvalue weighted by molar-refractivity contribution is 0.487. The van der Waals surface area contributed by atoms with Crippen LogP contribution < -0.4 is 10.0 Å². The highest BCUT2D eigenvalue weighted by atomic mass is 32.2. The molecule has 3 aromatic carbocycles. The summed E-state index contributed by atoms with van der Waals surface area (Å²) in [4.78, 5) is 4.86. The summed E-state index contributed by atoms with van der Waals surface area (Å²) in [6.45, 7) is 2.89. The molecule has 36 heavy (non-hydrogen) atoms. The maximum Gasteiger partial charge on any atom is 0.357 e. The Morgan fingerprint density at radius 2 is 1.53 bits per heavy atom. The first-order valence-electron chi connectivity index (χ1n) is 12.0. The first-order valence-corrected chi connectivity index (χ1v) is 14.3. The normalized spacial score (nSPS) is 13.3. The van der Waals surface area contributed by atoms with Crippen LogP contribution in [0.3, 0.4) is 0 Å². The molecular formula is C28H31N3O3S2. The Morgan fingerprint density at radius 1 is 0.889 bits per heavy atom. The van der Waals surface area contributed by atoms with Crippen LogP contribution in [0, 0.1) is 0 Å². The molecule has 1 heterocycles. The fourth-order valence-electron chi connectivity index (χ4n) is 4.20. The second-order valence-corrected chi connectivity index (χ2v) is 10.8. The number of anilines is 1. The third-order valence-corrected chi connectivity index (χ3v) is 7.58. The SMILES string of the molecule is CCc1csc(C(Cc2ccc(NS(=O)(=O)O)cc2)NCC(Cc2ccccc2)c2ccccc2)n1. The van der Waals surface area contributed by atoms with Crippen LogP contribution in [0.25, 0.3) is 0 Å². The molecular weight excluding hydrogens is 490 g/mol. The maximum absolute atomic E-state index is 11.1. The Balaban J connectivity index is 1.54. The molecule has 0 fully saturated rings. The fraction of sp³-hybridized carbons (Fsp3) is 0.250. The van der Waals surface area contributed by atoms with Crippen molar-refractivity contribution in [3.05, 3.63) is 118 Å². The molecule has 0 spiro atoms. The van der Waals surface area contributed by atoms with E-state index in [0.717, 1.165) is 35.7 Å². The van der Waals surface area contributed by atoms with Crippen molar-refractivity contribution in [3.63, 3.8) is 0 Å². The predicted molar refractivity (Wildman–Crippen MR) is 147 cm³/mol. The summed E-state index contributed by atoms with van der Waals surface area (Å²) in [7, 11) is -4.30. The van der Waals surface area contributed by atoms with E-state index in [0.29, 0.717) is 18.0 Å². The molecule has 0 aliphatic carbocycles.